The van der Waals surface area contributed by atoms with Crippen molar-refractivity contribution in [2.75, 3.05) is 13.2 Å². The Morgan fingerprint density at radius 1 is 0.905 bits per heavy atom. The topological polar surface area (TPSA) is 44.5 Å². The van der Waals surface area contributed by atoms with Gasteiger partial charge in [0, 0.05) is 12.5 Å². The van der Waals surface area contributed by atoms with Crippen molar-refractivity contribution in [2.45, 2.75) is 25.3 Å². The molecule has 21 heavy (non-hydrogen) atoms. The highest BCUT2D eigenvalue weighted by Crippen LogP contribution is 2.37. The summed E-state index contributed by atoms with van der Waals surface area (Å²) in [6.45, 7) is 1.44. The summed E-state index contributed by atoms with van der Waals surface area (Å²) < 4.78 is 11.5. The first-order valence-corrected chi connectivity index (χ1v) is 7.60. The number of ether oxygens (including phenoxy) is 2. The van der Waals surface area contributed by atoms with Crippen LogP contribution in [-0.4, -0.2) is 13.2 Å². The van der Waals surface area contributed by atoms with Gasteiger partial charge < -0.3 is 15.2 Å². The Bertz CT molecular complexity index is 681. The van der Waals surface area contributed by atoms with Crippen LogP contribution in [0, 0.1) is 0 Å². The minimum absolute atomic E-state index is 0.206. The van der Waals surface area contributed by atoms with Gasteiger partial charge in [-0.25, -0.2) is 0 Å². The fourth-order valence-corrected chi connectivity index (χ4v) is 3.17. The molecule has 3 heteroatoms. The molecule has 0 amide bonds. The van der Waals surface area contributed by atoms with E-state index in [0.29, 0.717) is 0 Å². The number of aryl methyl sites for hydroxylation is 1. The van der Waals surface area contributed by atoms with E-state index in [1.807, 2.05) is 6.07 Å². The lowest BCUT2D eigenvalue weighted by Crippen LogP contribution is -2.04. The Morgan fingerprint density at radius 3 is 2.57 bits per heavy atom. The van der Waals surface area contributed by atoms with Crippen molar-refractivity contribution in [3.05, 3.63) is 47.5 Å². The molecule has 0 bridgehead atoms. The third-order valence-electron chi connectivity index (χ3n) is 4.35. The van der Waals surface area contributed by atoms with E-state index in [1.54, 1.807) is 0 Å². The summed E-state index contributed by atoms with van der Waals surface area (Å²) in [6.07, 6.45) is 3.07. The zero-order valence-corrected chi connectivity index (χ0v) is 12.0. The molecule has 4 rings (SSSR count). The van der Waals surface area contributed by atoms with Crippen LogP contribution in [0.4, 0.5) is 0 Å². The molecule has 2 aromatic carbocycles. The number of nitrogens with two attached hydrogens (primary N) is 1. The third kappa shape index (κ3) is 2.28. The van der Waals surface area contributed by atoms with Crippen LogP contribution in [0.2, 0.25) is 0 Å². The summed E-state index contributed by atoms with van der Waals surface area (Å²) in [5.41, 5.74) is 11.2. The molecule has 2 aromatic rings. The molecule has 0 saturated carbocycles. The molecule has 0 aromatic heterocycles. The molecule has 108 valence electrons. The first-order chi connectivity index (χ1) is 10.3. The second kappa shape index (κ2) is 5.08. The minimum Gasteiger partial charge on any atom is -0.490 e. The van der Waals surface area contributed by atoms with E-state index in [4.69, 9.17) is 15.2 Å². The lowest BCUT2D eigenvalue weighted by molar-refractivity contribution is 0.297. The maximum absolute atomic E-state index is 6.11. The zero-order chi connectivity index (χ0) is 14.2. The molecule has 1 heterocycles. The fraction of sp³-hybridized carbons (Fsp3) is 0.333. The first-order valence-electron chi connectivity index (χ1n) is 7.60. The second-order valence-corrected chi connectivity index (χ2v) is 5.77. The molecule has 2 N–H and O–H groups in total. The molecule has 0 spiro atoms. The van der Waals surface area contributed by atoms with Gasteiger partial charge in [0.15, 0.2) is 11.5 Å². The molecule has 0 fully saturated rings. The average molecular weight is 281 g/mol. The maximum Gasteiger partial charge on any atom is 0.161 e. The maximum atomic E-state index is 6.11. The van der Waals surface area contributed by atoms with E-state index in [-0.39, 0.29) is 6.04 Å². The minimum atomic E-state index is 0.206. The standard InChI is InChI=1S/C18H19NO2/c19-16-6-3-14-10-12(2-5-15(14)16)13-4-7-17-18(11-13)21-9-1-8-20-17/h2,4-5,7,10-11,16H,1,3,6,8-9,19H2. The van der Waals surface area contributed by atoms with Crippen LogP contribution in [0.1, 0.15) is 30.0 Å². The number of rotatable bonds is 1. The Labute approximate surface area is 124 Å². The number of hydrogen-bond acceptors (Lipinski definition) is 3. The molecular formula is C18H19NO2. The van der Waals surface area contributed by atoms with Gasteiger partial charge in [0.25, 0.3) is 0 Å². The summed E-state index contributed by atoms with van der Waals surface area (Å²) in [4.78, 5) is 0. The molecule has 1 atom stereocenters. The highest BCUT2D eigenvalue weighted by Gasteiger charge is 2.19. The predicted molar refractivity (Wildman–Crippen MR) is 82.7 cm³/mol. The number of benzene rings is 2. The largest absolute Gasteiger partial charge is 0.490 e. The van der Waals surface area contributed by atoms with Crippen LogP contribution in [0.5, 0.6) is 11.5 Å². The summed E-state index contributed by atoms with van der Waals surface area (Å²) in [5, 5.41) is 0. The second-order valence-electron chi connectivity index (χ2n) is 5.77. The number of fused-ring (bicyclic) bond motifs is 2. The van der Waals surface area contributed by atoms with Crippen LogP contribution in [0.15, 0.2) is 36.4 Å². The summed E-state index contributed by atoms with van der Waals surface area (Å²) >= 11 is 0. The van der Waals surface area contributed by atoms with Gasteiger partial charge in [-0.1, -0.05) is 24.3 Å². The van der Waals surface area contributed by atoms with Crippen molar-refractivity contribution in [1.29, 1.82) is 0 Å². The molecule has 0 radical (unpaired) electrons. The van der Waals surface area contributed by atoms with Gasteiger partial charge in [-0.3, -0.25) is 0 Å². The van der Waals surface area contributed by atoms with Crippen LogP contribution in [0.3, 0.4) is 0 Å². The smallest absolute Gasteiger partial charge is 0.161 e. The van der Waals surface area contributed by atoms with E-state index in [9.17, 15) is 0 Å². The fourth-order valence-electron chi connectivity index (χ4n) is 3.17. The van der Waals surface area contributed by atoms with Gasteiger partial charge in [0.05, 0.1) is 13.2 Å². The van der Waals surface area contributed by atoms with Crippen molar-refractivity contribution < 1.29 is 9.47 Å². The van der Waals surface area contributed by atoms with Crippen LogP contribution < -0.4 is 15.2 Å². The molecule has 2 aliphatic rings. The third-order valence-corrected chi connectivity index (χ3v) is 4.35. The molecular weight excluding hydrogens is 262 g/mol. The zero-order valence-electron chi connectivity index (χ0n) is 12.0. The van der Waals surface area contributed by atoms with Crippen molar-refractivity contribution in [3.8, 4) is 22.6 Å². The molecule has 1 aliphatic carbocycles. The molecule has 1 unspecified atom stereocenters. The summed E-state index contributed by atoms with van der Waals surface area (Å²) in [6, 6.07) is 13.0. The summed E-state index contributed by atoms with van der Waals surface area (Å²) in [5.74, 6) is 1.70. The Hall–Kier alpha value is -2.00. The quantitative estimate of drug-likeness (QED) is 0.870. The highest BCUT2D eigenvalue weighted by molar-refractivity contribution is 5.69. The number of hydrogen-bond donors (Lipinski definition) is 1. The van der Waals surface area contributed by atoms with Gasteiger partial charge in [-0.05, 0) is 47.2 Å². The molecule has 3 nitrogen and oxygen atoms in total. The van der Waals surface area contributed by atoms with E-state index in [0.717, 1.165) is 44.0 Å². The van der Waals surface area contributed by atoms with Gasteiger partial charge in [0.1, 0.15) is 0 Å². The van der Waals surface area contributed by atoms with Crippen molar-refractivity contribution >= 4 is 0 Å². The van der Waals surface area contributed by atoms with Gasteiger partial charge in [0.2, 0.25) is 0 Å². The normalized spacial score (nSPS) is 20.0. The molecule has 1 aliphatic heterocycles. The van der Waals surface area contributed by atoms with Crippen LogP contribution in [0.25, 0.3) is 11.1 Å². The van der Waals surface area contributed by atoms with Gasteiger partial charge in [-0.2, -0.15) is 0 Å². The van der Waals surface area contributed by atoms with Gasteiger partial charge >= 0.3 is 0 Å². The van der Waals surface area contributed by atoms with Crippen LogP contribution >= 0.6 is 0 Å². The monoisotopic (exact) mass is 281 g/mol. The van der Waals surface area contributed by atoms with E-state index < -0.39 is 0 Å². The van der Waals surface area contributed by atoms with E-state index >= 15 is 0 Å². The highest BCUT2D eigenvalue weighted by atomic mass is 16.5. The Morgan fingerprint density at radius 2 is 1.67 bits per heavy atom. The first kappa shape index (κ1) is 12.7. The lowest BCUT2D eigenvalue weighted by Gasteiger charge is -2.11. The SMILES string of the molecule is NC1CCc2cc(-c3ccc4c(c3)OCCCO4)ccc21. The van der Waals surface area contributed by atoms with E-state index in [2.05, 4.69) is 30.3 Å². The predicted octanol–water partition coefficient (Wildman–Crippen LogP) is 3.46. The van der Waals surface area contributed by atoms with E-state index in [1.165, 1.54) is 22.3 Å². The van der Waals surface area contributed by atoms with Gasteiger partial charge in [-0.15, -0.1) is 0 Å². The Kier molecular flexibility index (Phi) is 3.08. The van der Waals surface area contributed by atoms with Crippen LogP contribution in [-0.2, 0) is 6.42 Å². The Balaban J connectivity index is 1.72. The van der Waals surface area contributed by atoms with Crippen molar-refractivity contribution in [2.24, 2.45) is 5.73 Å². The lowest BCUT2D eigenvalue weighted by atomic mass is 9.99. The average Bonchev–Trinajstić information content (AvgIpc) is 2.74. The van der Waals surface area contributed by atoms with Crippen molar-refractivity contribution in [3.63, 3.8) is 0 Å². The molecule has 0 saturated heterocycles. The van der Waals surface area contributed by atoms with Crippen molar-refractivity contribution in [1.82, 2.24) is 0 Å². The summed E-state index contributed by atoms with van der Waals surface area (Å²) in [7, 11) is 0.